The highest BCUT2D eigenvalue weighted by Crippen LogP contribution is 2.31. The Balaban J connectivity index is 0.00000225. The first-order valence-electron chi connectivity index (χ1n) is 9.05. The Hall–Kier alpha value is -2.02. The smallest absolute Gasteiger partial charge is 0.291 e. The number of rotatable bonds is 3. The summed E-state index contributed by atoms with van der Waals surface area (Å²) >= 11 is 3.47. The zero-order valence-electron chi connectivity index (χ0n) is 15.9. The third-order valence-corrected chi connectivity index (χ3v) is 5.59. The number of nitrogens with one attached hydrogen (secondary N) is 1. The normalized spacial score (nSPS) is 14.8. The van der Waals surface area contributed by atoms with E-state index in [1.807, 2.05) is 43.3 Å². The van der Waals surface area contributed by atoms with E-state index in [-0.39, 0.29) is 18.3 Å². The van der Waals surface area contributed by atoms with Crippen molar-refractivity contribution in [2.45, 2.75) is 6.92 Å². The van der Waals surface area contributed by atoms with Gasteiger partial charge in [-0.2, -0.15) is 0 Å². The maximum atomic E-state index is 12.9. The van der Waals surface area contributed by atoms with Crippen LogP contribution in [0.4, 0.5) is 11.4 Å². The fraction of sp³-hybridized carbons (Fsp3) is 0.286. The van der Waals surface area contributed by atoms with Gasteiger partial charge < -0.3 is 19.5 Å². The summed E-state index contributed by atoms with van der Waals surface area (Å²) in [4.78, 5) is 17.6. The number of likely N-dealkylation sites (N-methyl/N-ethyl adjacent to an activating group) is 1. The van der Waals surface area contributed by atoms with Crippen molar-refractivity contribution in [1.29, 1.82) is 0 Å². The molecule has 148 valence electrons. The molecule has 7 heteroatoms. The van der Waals surface area contributed by atoms with Crippen molar-refractivity contribution >= 4 is 56.6 Å². The maximum absolute atomic E-state index is 12.9. The van der Waals surface area contributed by atoms with E-state index in [9.17, 15) is 4.79 Å². The number of amides is 1. The summed E-state index contributed by atoms with van der Waals surface area (Å²) in [6.45, 7) is 5.83. The van der Waals surface area contributed by atoms with Gasteiger partial charge >= 0.3 is 0 Å². The Bertz CT molecular complexity index is 996. The van der Waals surface area contributed by atoms with Crippen LogP contribution in [0.5, 0.6) is 0 Å². The molecule has 28 heavy (non-hydrogen) atoms. The van der Waals surface area contributed by atoms with Crippen molar-refractivity contribution < 1.29 is 9.21 Å². The molecule has 0 spiro atoms. The van der Waals surface area contributed by atoms with Crippen molar-refractivity contribution in [3.63, 3.8) is 0 Å². The molecule has 1 amide bonds. The number of furan rings is 1. The lowest BCUT2D eigenvalue weighted by molar-refractivity contribution is 0.0998. The number of anilines is 2. The molecule has 1 aliphatic heterocycles. The molecule has 3 aromatic rings. The number of carbonyl (C=O) groups is 1. The number of halogens is 2. The first-order valence-corrected chi connectivity index (χ1v) is 9.85. The number of carbonyl (C=O) groups excluding carboxylic acids is 1. The van der Waals surface area contributed by atoms with Crippen molar-refractivity contribution in [2.75, 3.05) is 43.4 Å². The van der Waals surface area contributed by atoms with Gasteiger partial charge in [0.2, 0.25) is 0 Å². The first-order chi connectivity index (χ1) is 13.0. The largest absolute Gasteiger partial charge is 0.451 e. The van der Waals surface area contributed by atoms with Crippen LogP contribution in [0.15, 0.2) is 51.4 Å². The lowest BCUT2D eigenvalue weighted by atomic mass is 10.1. The van der Waals surface area contributed by atoms with Gasteiger partial charge in [-0.05, 0) is 44.3 Å². The lowest BCUT2D eigenvalue weighted by Crippen LogP contribution is -2.44. The number of nitrogens with zero attached hydrogens (tertiary/aromatic N) is 2. The summed E-state index contributed by atoms with van der Waals surface area (Å²) in [5.41, 5.74) is 3.43. The van der Waals surface area contributed by atoms with Crippen LogP contribution in [0, 0.1) is 6.92 Å². The van der Waals surface area contributed by atoms with Gasteiger partial charge in [-0.3, -0.25) is 4.79 Å². The van der Waals surface area contributed by atoms with Crippen molar-refractivity contribution in [1.82, 2.24) is 4.90 Å². The monoisotopic (exact) mass is 463 g/mol. The zero-order chi connectivity index (χ0) is 19.0. The number of benzene rings is 2. The molecule has 0 unspecified atom stereocenters. The predicted octanol–water partition coefficient (Wildman–Crippen LogP) is 4.93. The number of hydrogen-bond acceptors (Lipinski definition) is 4. The molecule has 1 aromatic heterocycles. The Morgan fingerprint density at radius 2 is 1.82 bits per heavy atom. The van der Waals surface area contributed by atoms with Crippen LogP contribution in [0.3, 0.4) is 0 Å². The molecule has 1 aliphatic rings. The third-order valence-electron chi connectivity index (χ3n) is 5.10. The van der Waals surface area contributed by atoms with Gasteiger partial charge in [0.1, 0.15) is 5.58 Å². The Kier molecular flexibility index (Phi) is 6.33. The molecule has 2 aromatic carbocycles. The van der Waals surface area contributed by atoms with Gasteiger partial charge in [0.25, 0.3) is 5.91 Å². The summed E-state index contributed by atoms with van der Waals surface area (Å²) in [6.07, 6.45) is 0. The van der Waals surface area contributed by atoms with Gasteiger partial charge in [0, 0.05) is 41.6 Å². The van der Waals surface area contributed by atoms with Gasteiger partial charge in [-0.1, -0.05) is 28.1 Å². The summed E-state index contributed by atoms with van der Waals surface area (Å²) in [5, 5.41) is 4.00. The van der Waals surface area contributed by atoms with E-state index in [2.05, 4.69) is 44.2 Å². The molecular formula is C21H23BrClN3O2. The number of para-hydroxylation sites is 2. The second kappa shape index (κ2) is 8.55. The minimum Gasteiger partial charge on any atom is -0.451 e. The fourth-order valence-electron chi connectivity index (χ4n) is 3.49. The highest BCUT2D eigenvalue weighted by atomic mass is 79.9. The van der Waals surface area contributed by atoms with Crippen LogP contribution in [-0.4, -0.2) is 44.0 Å². The van der Waals surface area contributed by atoms with E-state index in [1.54, 1.807) is 0 Å². The molecular weight excluding hydrogens is 442 g/mol. The summed E-state index contributed by atoms with van der Waals surface area (Å²) < 4.78 is 6.80. The standard InChI is InChI=1S/C21H22BrN3O2.ClH/c1-14-16-13-15(22)7-8-19(16)27-20(14)21(26)23-17-5-3-4-6-18(17)25-11-9-24(2)10-12-25;/h3-8,13H,9-12H2,1-2H3,(H,23,26);1H. The van der Waals surface area contributed by atoms with Crippen LogP contribution in [-0.2, 0) is 0 Å². The number of hydrogen-bond donors (Lipinski definition) is 1. The van der Waals surface area contributed by atoms with Gasteiger partial charge in [0.15, 0.2) is 5.76 Å². The van der Waals surface area contributed by atoms with E-state index in [0.29, 0.717) is 11.3 Å². The molecule has 1 saturated heterocycles. The Morgan fingerprint density at radius 1 is 1.11 bits per heavy atom. The van der Waals surface area contributed by atoms with Crippen LogP contribution >= 0.6 is 28.3 Å². The van der Waals surface area contributed by atoms with E-state index < -0.39 is 0 Å². The van der Waals surface area contributed by atoms with Crippen LogP contribution in [0.1, 0.15) is 16.1 Å². The summed E-state index contributed by atoms with van der Waals surface area (Å²) in [7, 11) is 2.13. The quantitative estimate of drug-likeness (QED) is 0.597. The first kappa shape index (κ1) is 20.7. The Labute approximate surface area is 179 Å². The summed E-state index contributed by atoms with van der Waals surface area (Å²) in [5.74, 6) is 0.137. The van der Waals surface area contributed by atoms with E-state index >= 15 is 0 Å². The molecule has 5 nitrogen and oxygen atoms in total. The highest BCUT2D eigenvalue weighted by Gasteiger charge is 2.21. The summed E-state index contributed by atoms with van der Waals surface area (Å²) in [6, 6.07) is 13.7. The van der Waals surface area contributed by atoms with Crippen LogP contribution in [0.2, 0.25) is 0 Å². The molecule has 1 N–H and O–H groups in total. The number of aryl methyl sites for hydroxylation is 1. The second-order valence-electron chi connectivity index (χ2n) is 6.96. The average molecular weight is 465 g/mol. The van der Waals surface area contributed by atoms with E-state index in [0.717, 1.165) is 53.0 Å². The third kappa shape index (κ3) is 4.04. The highest BCUT2D eigenvalue weighted by molar-refractivity contribution is 9.10. The topological polar surface area (TPSA) is 48.7 Å². The maximum Gasteiger partial charge on any atom is 0.291 e. The van der Waals surface area contributed by atoms with Gasteiger partial charge in [-0.25, -0.2) is 0 Å². The molecule has 4 rings (SSSR count). The zero-order valence-corrected chi connectivity index (χ0v) is 18.3. The lowest BCUT2D eigenvalue weighted by Gasteiger charge is -2.35. The van der Waals surface area contributed by atoms with Crippen molar-refractivity contribution in [3.8, 4) is 0 Å². The molecule has 0 atom stereocenters. The van der Waals surface area contributed by atoms with Crippen molar-refractivity contribution in [3.05, 3.63) is 58.3 Å². The van der Waals surface area contributed by atoms with E-state index in [4.69, 9.17) is 4.42 Å². The molecule has 1 fully saturated rings. The van der Waals surface area contributed by atoms with Gasteiger partial charge in [0.05, 0.1) is 11.4 Å². The predicted molar refractivity (Wildman–Crippen MR) is 120 cm³/mol. The minimum absolute atomic E-state index is 0. The van der Waals surface area contributed by atoms with Crippen molar-refractivity contribution in [2.24, 2.45) is 0 Å². The number of piperazine rings is 1. The van der Waals surface area contributed by atoms with E-state index in [1.165, 1.54) is 0 Å². The average Bonchev–Trinajstić information content (AvgIpc) is 2.99. The molecule has 0 bridgehead atoms. The Morgan fingerprint density at radius 3 is 2.57 bits per heavy atom. The number of fused-ring (bicyclic) bond motifs is 1. The van der Waals surface area contributed by atoms with Gasteiger partial charge in [-0.15, -0.1) is 12.4 Å². The molecule has 0 aliphatic carbocycles. The molecule has 0 saturated carbocycles. The fourth-order valence-corrected chi connectivity index (χ4v) is 3.85. The minimum atomic E-state index is -0.221. The molecule has 2 heterocycles. The second-order valence-corrected chi connectivity index (χ2v) is 7.87. The van der Waals surface area contributed by atoms with Crippen LogP contribution < -0.4 is 10.2 Å². The SMILES string of the molecule is Cc1c(C(=O)Nc2ccccc2N2CCN(C)CC2)oc2ccc(Br)cc12.Cl. The molecule has 0 radical (unpaired) electrons. The van der Waals surface area contributed by atoms with Crippen LogP contribution in [0.25, 0.3) is 11.0 Å².